The Kier molecular flexibility index (Phi) is 3.79. The van der Waals surface area contributed by atoms with Crippen LogP contribution in [0.4, 0.5) is 0 Å². The third-order valence-corrected chi connectivity index (χ3v) is 5.29. The third kappa shape index (κ3) is 2.72. The zero-order valence-corrected chi connectivity index (χ0v) is 15.4. The maximum Gasteiger partial charge on any atom is 0.0540 e. The maximum absolute atomic E-state index is 2.42. The Balaban J connectivity index is 1.83. The lowest BCUT2D eigenvalue weighted by Crippen LogP contribution is -1.96. The summed E-state index contributed by atoms with van der Waals surface area (Å²) in [5.74, 6) is 0. The van der Waals surface area contributed by atoms with Gasteiger partial charge in [-0.2, -0.15) is 0 Å². The van der Waals surface area contributed by atoms with Crippen LogP contribution in [-0.4, -0.2) is 4.57 Å². The second kappa shape index (κ2) is 6.44. The molecule has 1 aliphatic rings. The van der Waals surface area contributed by atoms with Gasteiger partial charge in [0.2, 0.25) is 0 Å². The molecule has 1 aromatic heterocycles. The maximum atomic E-state index is 2.42. The number of hydrogen-bond donors (Lipinski definition) is 0. The summed E-state index contributed by atoms with van der Waals surface area (Å²) in [6, 6.07) is 24.2. The van der Waals surface area contributed by atoms with Crippen molar-refractivity contribution in [3.05, 3.63) is 103 Å². The number of aromatic nitrogens is 1. The molecule has 1 heterocycles. The first-order valence-electron chi connectivity index (χ1n) is 9.44. The monoisotopic (exact) mass is 347 g/mol. The molecule has 0 saturated carbocycles. The van der Waals surface area contributed by atoms with Gasteiger partial charge in [-0.05, 0) is 47.9 Å². The summed E-state index contributed by atoms with van der Waals surface area (Å²) in [4.78, 5) is 0. The third-order valence-electron chi connectivity index (χ3n) is 5.29. The number of aryl methyl sites for hydroxylation is 1. The SMILES string of the molecule is Cc1ccc2c3cc(-c4ccccc4)ccc3n(C3=CC=CC=CC3)c2c1. The summed E-state index contributed by atoms with van der Waals surface area (Å²) < 4.78 is 2.42. The number of rotatable bonds is 2. The summed E-state index contributed by atoms with van der Waals surface area (Å²) >= 11 is 0. The van der Waals surface area contributed by atoms with Crippen molar-refractivity contribution in [2.24, 2.45) is 0 Å². The minimum Gasteiger partial charge on any atom is -0.313 e. The van der Waals surface area contributed by atoms with Gasteiger partial charge < -0.3 is 4.57 Å². The van der Waals surface area contributed by atoms with Gasteiger partial charge in [0.05, 0.1) is 11.0 Å². The topological polar surface area (TPSA) is 4.93 Å². The van der Waals surface area contributed by atoms with E-state index in [-0.39, 0.29) is 0 Å². The van der Waals surface area contributed by atoms with E-state index in [9.17, 15) is 0 Å². The van der Waals surface area contributed by atoms with Crippen molar-refractivity contribution in [2.75, 3.05) is 0 Å². The molecule has 1 aliphatic carbocycles. The molecule has 1 nitrogen and oxygen atoms in total. The first-order valence-corrected chi connectivity index (χ1v) is 9.44. The molecule has 0 amide bonds. The van der Waals surface area contributed by atoms with Crippen molar-refractivity contribution < 1.29 is 0 Å². The smallest absolute Gasteiger partial charge is 0.0540 e. The molecule has 5 rings (SSSR count). The van der Waals surface area contributed by atoms with E-state index in [1.807, 2.05) is 0 Å². The van der Waals surface area contributed by atoms with Crippen molar-refractivity contribution >= 4 is 27.5 Å². The van der Waals surface area contributed by atoms with Crippen molar-refractivity contribution in [1.82, 2.24) is 4.57 Å². The number of nitrogens with zero attached hydrogens (tertiary/aromatic N) is 1. The fourth-order valence-electron chi connectivity index (χ4n) is 3.98. The predicted octanol–water partition coefficient (Wildman–Crippen LogP) is 7.13. The van der Waals surface area contributed by atoms with E-state index in [1.165, 1.54) is 44.2 Å². The molecule has 0 spiro atoms. The fraction of sp³-hybridized carbons (Fsp3) is 0.0769. The van der Waals surface area contributed by atoms with Crippen LogP contribution in [0.15, 0.2) is 97.1 Å². The van der Waals surface area contributed by atoms with E-state index in [1.54, 1.807) is 0 Å². The van der Waals surface area contributed by atoms with Gasteiger partial charge in [-0.3, -0.25) is 0 Å². The quantitative estimate of drug-likeness (QED) is 0.363. The molecular formula is C26H21N. The van der Waals surface area contributed by atoms with Crippen LogP contribution in [0.1, 0.15) is 12.0 Å². The average molecular weight is 347 g/mol. The van der Waals surface area contributed by atoms with Crippen LogP contribution < -0.4 is 0 Å². The Bertz CT molecular complexity index is 1230. The van der Waals surface area contributed by atoms with Crippen LogP contribution in [0.25, 0.3) is 38.6 Å². The highest BCUT2D eigenvalue weighted by molar-refractivity contribution is 6.11. The Morgan fingerprint density at radius 3 is 2.48 bits per heavy atom. The summed E-state index contributed by atoms with van der Waals surface area (Å²) in [7, 11) is 0. The summed E-state index contributed by atoms with van der Waals surface area (Å²) in [5, 5.41) is 2.62. The van der Waals surface area contributed by atoms with Crippen molar-refractivity contribution in [1.29, 1.82) is 0 Å². The lowest BCUT2D eigenvalue weighted by Gasteiger charge is -2.11. The zero-order chi connectivity index (χ0) is 18.2. The number of allylic oxidation sites excluding steroid dienone is 6. The van der Waals surface area contributed by atoms with Gasteiger partial charge in [0.25, 0.3) is 0 Å². The Morgan fingerprint density at radius 2 is 1.59 bits per heavy atom. The molecule has 27 heavy (non-hydrogen) atoms. The van der Waals surface area contributed by atoms with Gasteiger partial charge >= 0.3 is 0 Å². The first-order chi connectivity index (χ1) is 13.3. The van der Waals surface area contributed by atoms with Gasteiger partial charge in [0, 0.05) is 22.9 Å². The highest BCUT2D eigenvalue weighted by Gasteiger charge is 2.14. The molecule has 0 saturated heterocycles. The first kappa shape index (κ1) is 15.9. The molecule has 130 valence electrons. The van der Waals surface area contributed by atoms with Gasteiger partial charge in [0.15, 0.2) is 0 Å². The summed E-state index contributed by atoms with van der Waals surface area (Å²) in [6.07, 6.45) is 11.7. The van der Waals surface area contributed by atoms with Crippen molar-refractivity contribution in [3.8, 4) is 11.1 Å². The highest BCUT2D eigenvalue weighted by Crippen LogP contribution is 2.36. The Labute approximate surface area is 159 Å². The van der Waals surface area contributed by atoms with E-state index in [2.05, 4.69) is 109 Å². The van der Waals surface area contributed by atoms with E-state index >= 15 is 0 Å². The molecule has 3 aromatic carbocycles. The predicted molar refractivity (Wildman–Crippen MR) is 117 cm³/mol. The van der Waals surface area contributed by atoms with E-state index in [0.29, 0.717) is 0 Å². The molecule has 0 fully saturated rings. The van der Waals surface area contributed by atoms with Crippen LogP contribution in [0.5, 0.6) is 0 Å². The molecule has 0 aliphatic heterocycles. The molecule has 1 heteroatoms. The van der Waals surface area contributed by atoms with Crippen LogP contribution in [0, 0.1) is 6.92 Å². The molecule has 0 bridgehead atoms. The number of hydrogen-bond acceptors (Lipinski definition) is 0. The van der Waals surface area contributed by atoms with Crippen molar-refractivity contribution in [3.63, 3.8) is 0 Å². The Morgan fingerprint density at radius 1 is 0.704 bits per heavy atom. The van der Waals surface area contributed by atoms with Gasteiger partial charge in [0.1, 0.15) is 0 Å². The summed E-state index contributed by atoms with van der Waals surface area (Å²) in [5.41, 5.74) is 7.66. The molecule has 0 radical (unpaired) electrons. The Hall–Kier alpha value is -3.32. The van der Waals surface area contributed by atoms with E-state index in [4.69, 9.17) is 0 Å². The van der Waals surface area contributed by atoms with Gasteiger partial charge in [-0.1, -0.05) is 72.8 Å². The highest BCUT2D eigenvalue weighted by atomic mass is 15.0. The molecular weight excluding hydrogens is 326 g/mol. The minimum absolute atomic E-state index is 0.931. The van der Waals surface area contributed by atoms with Gasteiger partial charge in [-0.25, -0.2) is 0 Å². The number of fused-ring (bicyclic) bond motifs is 3. The van der Waals surface area contributed by atoms with Gasteiger partial charge in [-0.15, -0.1) is 0 Å². The van der Waals surface area contributed by atoms with Crippen LogP contribution in [0.3, 0.4) is 0 Å². The second-order valence-electron chi connectivity index (χ2n) is 7.13. The van der Waals surface area contributed by atoms with Crippen LogP contribution in [0.2, 0.25) is 0 Å². The van der Waals surface area contributed by atoms with Crippen molar-refractivity contribution in [2.45, 2.75) is 13.3 Å². The number of benzene rings is 3. The zero-order valence-electron chi connectivity index (χ0n) is 15.4. The minimum atomic E-state index is 0.931. The fourth-order valence-corrected chi connectivity index (χ4v) is 3.98. The summed E-state index contributed by atoms with van der Waals surface area (Å²) in [6.45, 7) is 2.16. The molecule has 0 N–H and O–H groups in total. The van der Waals surface area contributed by atoms with E-state index in [0.717, 1.165) is 6.42 Å². The average Bonchev–Trinajstić information content (AvgIpc) is 2.85. The second-order valence-corrected chi connectivity index (χ2v) is 7.13. The molecule has 0 unspecified atom stereocenters. The lowest BCUT2D eigenvalue weighted by atomic mass is 10.0. The lowest BCUT2D eigenvalue weighted by molar-refractivity contribution is 1.14. The largest absolute Gasteiger partial charge is 0.313 e. The van der Waals surface area contributed by atoms with Crippen LogP contribution >= 0.6 is 0 Å². The normalized spacial score (nSPS) is 13.9. The standard InChI is InChI=1S/C26H21N/c1-19-13-15-23-24-18-21(20-9-5-4-6-10-20)14-16-25(24)27(26(23)17-19)22-11-7-2-3-8-12-22/h2-11,13-18H,12H2,1H3. The van der Waals surface area contributed by atoms with Crippen LogP contribution in [-0.2, 0) is 0 Å². The molecule has 4 aromatic rings. The van der Waals surface area contributed by atoms with E-state index < -0.39 is 0 Å². The molecule has 0 atom stereocenters.